The number of nitrogens with one attached hydrogen (secondary N) is 1. The first-order valence-electron chi connectivity index (χ1n) is 6.43. The van der Waals surface area contributed by atoms with Gasteiger partial charge in [-0.1, -0.05) is 41.9 Å². The summed E-state index contributed by atoms with van der Waals surface area (Å²) in [7, 11) is 1.57. The molecule has 2 rings (SSSR count). The summed E-state index contributed by atoms with van der Waals surface area (Å²) in [5.74, 6) is -1.24. The Kier molecular flexibility index (Phi) is 4.95. The molecule has 0 atom stereocenters. The third-order valence-electron chi connectivity index (χ3n) is 3.01. The van der Waals surface area contributed by atoms with Gasteiger partial charge in [-0.3, -0.25) is 9.59 Å². The van der Waals surface area contributed by atoms with E-state index < -0.39 is 11.8 Å². The van der Waals surface area contributed by atoms with Crippen LogP contribution in [0.4, 0.5) is 5.69 Å². The molecule has 0 aliphatic carbocycles. The number of hydrogen-bond acceptors (Lipinski definition) is 2. The lowest BCUT2D eigenvalue weighted by Crippen LogP contribution is -2.40. The molecule has 4 nitrogen and oxygen atoms in total. The van der Waals surface area contributed by atoms with E-state index in [0.717, 1.165) is 5.56 Å². The highest BCUT2D eigenvalue weighted by atomic mass is 35.5. The number of halogens is 1. The molecule has 0 aliphatic rings. The Bertz CT molecular complexity index is 626. The monoisotopic (exact) mass is 302 g/mol. The normalized spacial score (nSPS) is 10.0. The number of carbonyl (C=O) groups is 2. The molecule has 1 N–H and O–H groups in total. The molecule has 0 radical (unpaired) electrons. The van der Waals surface area contributed by atoms with Crippen molar-refractivity contribution < 1.29 is 9.59 Å². The number of benzene rings is 2. The number of carbonyl (C=O) groups excluding carboxylic acids is 2. The van der Waals surface area contributed by atoms with Gasteiger partial charge in [-0.25, -0.2) is 0 Å². The summed E-state index contributed by atoms with van der Waals surface area (Å²) in [4.78, 5) is 25.2. The van der Waals surface area contributed by atoms with Gasteiger partial charge in [0.1, 0.15) is 0 Å². The van der Waals surface area contributed by atoms with Crippen LogP contribution in [0, 0.1) is 0 Å². The summed E-state index contributed by atoms with van der Waals surface area (Å²) in [5.41, 5.74) is 1.55. The maximum absolute atomic E-state index is 12.0. The molecule has 2 aromatic carbocycles. The minimum Gasteiger partial charge on any atom is -0.344 e. The zero-order valence-electron chi connectivity index (χ0n) is 11.5. The number of amides is 2. The van der Waals surface area contributed by atoms with Gasteiger partial charge >= 0.3 is 11.8 Å². The third kappa shape index (κ3) is 4.07. The van der Waals surface area contributed by atoms with Crippen molar-refractivity contribution in [3.8, 4) is 0 Å². The largest absolute Gasteiger partial charge is 0.344 e. The maximum Gasteiger partial charge on any atom is 0.316 e. The molecule has 21 heavy (non-hydrogen) atoms. The first-order valence-corrected chi connectivity index (χ1v) is 6.81. The number of anilines is 1. The van der Waals surface area contributed by atoms with Gasteiger partial charge in [0.05, 0.1) is 0 Å². The Hall–Kier alpha value is -2.33. The van der Waals surface area contributed by atoms with Crippen molar-refractivity contribution in [3.05, 3.63) is 65.2 Å². The van der Waals surface area contributed by atoms with Crippen LogP contribution in [-0.2, 0) is 16.1 Å². The van der Waals surface area contributed by atoms with E-state index in [9.17, 15) is 9.59 Å². The van der Waals surface area contributed by atoms with Crippen molar-refractivity contribution in [1.82, 2.24) is 5.32 Å². The van der Waals surface area contributed by atoms with Crippen molar-refractivity contribution >= 4 is 29.1 Å². The summed E-state index contributed by atoms with van der Waals surface area (Å²) in [6.07, 6.45) is 0. The second kappa shape index (κ2) is 6.90. The van der Waals surface area contributed by atoms with Gasteiger partial charge in [0.25, 0.3) is 0 Å². The van der Waals surface area contributed by atoms with E-state index in [-0.39, 0.29) is 6.54 Å². The minimum atomic E-state index is -0.642. The molecule has 2 amide bonds. The van der Waals surface area contributed by atoms with Gasteiger partial charge in [-0.15, -0.1) is 0 Å². The predicted octanol–water partition coefficient (Wildman–Crippen LogP) is 2.62. The highest BCUT2D eigenvalue weighted by Gasteiger charge is 2.19. The molecule has 108 valence electrons. The molecule has 0 spiro atoms. The zero-order valence-corrected chi connectivity index (χ0v) is 12.3. The van der Waals surface area contributed by atoms with E-state index in [4.69, 9.17) is 11.6 Å². The van der Waals surface area contributed by atoms with E-state index in [0.29, 0.717) is 10.7 Å². The van der Waals surface area contributed by atoms with Crippen LogP contribution in [0.3, 0.4) is 0 Å². The Labute approximate surface area is 128 Å². The maximum atomic E-state index is 12.0. The van der Waals surface area contributed by atoms with Gasteiger partial charge < -0.3 is 10.2 Å². The second-order valence-corrected chi connectivity index (χ2v) is 4.95. The highest BCUT2D eigenvalue weighted by molar-refractivity contribution is 6.40. The molecule has 0 saturated heterocycles. The molecule has 2 aromatic rings. The van der Waals surface area contributed by atoms with Crippen LogP contribution in [0.25, 0.3) is 0 Å². The van der Waals surface area contributed by atoms with E-state index in [1.54, 1.807) is 43.4 Å². The molecular formula is C16H15ClN2O2. The third-order valence-corrected chi connectivity index (χ3v) is 3.26. The van der Waals surface area contributed by atoms with Crippen molar-refractivity contribution in [2.45, 2.75) is 6.54 Å². The fourth-order valence-corrected chi connectivity index (χ4v) is 1.91. The van der Waals surface area contributed by atoms with Gasteiger partial charge in [-0.2, -0.15) is 0 Å². The van der Waals surface area contributed by atoms with Gasteiger partial charge in [0, 0.05) is 24.3 Å². The lowest BCUT2D eigenvalue weighted by molar-refractivity contribution is -0.137. The lowest BCUT2D eigenvalue weighted by atomic mass is 10.2. The Morgan fingerprint density at radius 2 is 1.67 bits per heavy atom. The quantitative estimate of drug-likeness (QED) is 0.886. The van der Waals surface area contributed by atoms with Crippen LogP contribution >= 0.6 is 11.6 Å². The van der Waals surface area contributed by atoms with E-state index in [1.807, 2.05) is 18.2 Å². The topological polar surface area (TPSA) is 49.4 Å². The fraction of sp³-hybridized carbons (Fsp3) is 0.125. The molecule has 0 unspecified atom stereocenters. The molecule has 0 aliphatic heterocycles. The Morgan fingerprint density at radius 3 is 2.29 bits per heavy atom. The number of likely N-dealkylation sites (N-methyl/N-ethyl adjacent to an activating group) is 1. The van der Waals surface area contributed by atoms with E-state index in [1.165, 1.54) is 4.90 Å². The standard InChI is InChI=1S/C16H15ClN2O2/c1-19(14-5-3-2-4-6-14)16(21)15(20)18-11-12-7-9-13(17)10-8-12/h2-10H,11H2,1H3,(H,18,20). The van der Waals surface area contributed by atoms with Crippen LogP contribution in [0.5, 0.6) is 0 Å². The SMILES string of the molecule is CN(C(=O)C(=O)NCc1ccc(Cl)cc1)c1ccccc1. The molecule has 0 bridgehead atoms. The number of rotatable bonds is 3. The van der Waals surface area contributed by atoms with Crippen LogP contribution in [0.1, 0.15) is 5.56 Å². The second-order valence-electron chi connectivity index (χ2n) is 4.51. The van der Waals surface area contributed by atoms with Crippen molar-refractivity contribution in [3.63, 3.8) is 0 Å². The first kappa shape index (κ1) is 15.1. The van der Waals surface area contributed by atoms with Crippen molar-refractivity contribution in [1.29, 1.82) is 0 Å². The average molecular weight is 303 g/mol. The van der Waals surface area contributed by atoms with Gasteiger partial charge in [0.2, 0.25) is 0 Å². The van der Waals surface area contributed by atoms with Crippen LogP contribution in [0.2, 0.25) is 5.02 Å². The van der Waals surface area contributed by atoms with Crippen molar-refractivity contribution in [2.75, 3.05) is 11.9 Å². The molecule has 0 saturated carbocycles. The highest BCUT2D eigenvalue weighted by Crippen LogP contribution is 2.11. The summed E-state index contributed by atoms with van der Waals surface area (Å²) in [5, 5.41) is 3.23. The molecule has 0 heterocycles. The summed E-state index contributed by atoms with van der Waals surface area (Å²) in [6.45, 7) is 0.282. The van der Waals surface area contributed by atoms with Gasteiger partial charge in [0.15, 0.2) is 0 Å². The fourth-order valence-electron chi connectivity index (χ4n) is 1.78. The molecule has 5 heteroatoms. The first-order chi connectivity index (χ1) is 10.1. The van der Waals surface area contributed by atoms with Crippen molar-refractivity contribution in [2.24, 2.45) is 0 Å². The average Bonchev–Trinajstić information content (AvgIpc) is 2.53. The van der Waals surface area contributed by atoms with Crippen LogP contribution in [-0.4, -0.2) is 18.9 Å². The predicted molar refractivity (Wildman–Crippen MR) is 83.2 cm³/mol. The number of nitrogens with zero attached hydrogens (tertiary/aromatic N) is 1. The van der Waals surface area contributed by atoms with Crippen LogP contribution < -0.4 is 10.2 Å². The lowest BCUT2D eigenvalue weighted by Gasteiger charge is -2.16. The van der Waals surface area contributed by atoms with Crippen LogP contribution in [0.15, 0.2) is 54.6 Å². The molecule has 0 fully saturated rings. The smallest absolute Gasteiger partial charge is 0.316 e. The van der Waals surface area contributed by atoms with E-state index >= 15 is 0 Å². The zero-order chi connectivity index (χ0) is 15.2. The minimum absolute atomic E-state index is 0.282. The Balaban J connectivity index is 1.94. The molecule has 0 aromatic heterocycles. The molecular weight excluding hydrogens is 288 g/mol. The summed E-state index contributed by atoms with van der Waals surface area (Å²) >= 11 is 5.79. The summed E-state index contributed by atoms with van der Waals surface area (Å²) < 4.78 is 0. The van der Waals surface area contributed by atoms with Gasteiger partial charge in [-0.05, 0) is 29.8 Å². The number of hydrogen-bond donors (Lipinski definition) is 1. The van der Waals surface area contributed by atoms with E-state index in [2.05, 4.69) is 5.32 Å². The summed E-state index contributed by atoms with van der Waals surface area (Å²) in [6, 6.07) is 16.1. The number of para-hydroxylation sites is 1. The Morgan fingerprint density at radius 1 is 1.05 bits per heavy atom.